The van der Waals surface area contributed by atoms with Gasteiger partial charge in [0.05, 0.1) is 16.4 Å². The molecule has 0 radical (unpaired) electrons. The normalized spacial score (nSPS) is 20.2. The van der Waals surface area contributed by atoms with E-state index >= 15 is 0 Å². The van der Waals surface area contributed by atoms with Crippen molar-refractivity contribution in [1.82, 2.24) is 10.1 Å². The van der Waals surface area contributed by atoms with Crippen molar-refractivity contribution in [3.8, 4) is 0 Å². The molecule has 3 amide bonds. The molecule has 3 aliphatic heterocycles. The lowest BCUT2D eigenvalue weighted by Crippen LogP contribution is -2.32. The summed E-state index contributed by atoms with van der Waals surface area (Å²) in [7, 11) is -7.46. The van der Waals surface area contributed by atoms with Crippen molar-refractivity contribution in [2.24, 2.45) is 15.4 Å². The van der Waals surface area contributed by atoms with Gasteiger partial charge >= 0.3 is 5.97 Å². The van der Waals surface area contributed by atoms with Crippen molar-refractivity contribution in [1.29, 1.82) is 0 Å². The molecular formula is C40H51N5O12S2. The topological polar surface area (TPSA) is 241 Å². The molecule has 1 aromatic rings. The molecule has 0 saturated carbocycles. The third-order valence-electron chi connectivity index (χ3n) is 10.1. The Balaban J connectivity index is 1.56. The van der Waals surface area contributed by atoms with E-state index in [1.807, 2.05) is 44.7 Å². The van der Waals surface area contributed by atoms with Crippen LogP contribution in [-0.4, -0.2) is 102 Å². The van der Waals surface area contributed by atoms with E-state index in [1.54, 1.807) is 37.3 Å². The number of nitrogens with zero attached hydrogens (tertiary/aromatic N) is 5. The Morgan fingerprint density at radius 1 is 0.966 bits per heavy atom. The van der Waals surface area contributed by atoms with Gasteiger partial charge in [0.1, 0.15) is 0 Å². The number of rotatable bonds is 17. The van der Waals surface area contributed by atoms with Gasteiger partial charge in [0, 0.05) is 72.8 Å². The quantitative estimate of drug-likeness (QED) is 0.0353. The van der Waals surface area contributed by atoms with Crippen molar-refractivity contribution >= 4 is 61.2 Å². The van der Waals surface area contributed by atoms with Gasteiger partial charge in [0.2, 0.25) is 0 Å². The number of hydrogen-bond donors (Lipinski definition) is 3. The van der Waals surface area contributed by atoms with Gasteiger partial charge in [-0.3, -0.25) is 33.7 Å². The highest BCUT2D eigenvalue weighted by Crippen LogP contribution is 2.48. The Bertz CT molecular complexity index is 2280. The fourth-order valence-corrected chi connectivity index (χ4v) is 7.82. The number of carbonyl (C=O) groups excluding carboxylic acids is 4. The molecule has 3 N–H and O–H groups in total. The highest BCUT2D eigenvalue weighted by Gasteiger charge is 2.41. The van der Waals surface area contributed by atoms with Crippen LogP contribution in [0.4, 0.5) is 5.69 Å². The average Bonchev–Trinajstić information content (AvgIpc) is 3.67. The molecule has 3 aliphatic rings. The Morgan fingerprint density at radius 2 is 1.64 bits per heavy atom. The lowest BCUT2D eigenvalue weighted by Gasteiger charge is -2.27. The molecule has 0 bridgehead atoms. The summed E-state index contributed by atoms with van der Waals surface area (Å²) in [6.07, 6.45) is 13.8. The number of allylic oxidation sites excluding steroid dienone is 7. The summed E-state index contributed by atoms with van der Waals surface area (Å²) in [4.78, 5) is 64.5. The number of carbonyl (C=O) groups is 4. The van der Waals surface area contributed by atoms with Crippen LogP contribution in [0, 0.1) is 5.41 Å². The molecule has 17 nitrogen and oxygen atoms in total. The van der Waals surface area contributed by atoms with Crippen molar-refractivity contribution in [3.05, 3.63) is 83.1 Å². The standard InChI is InChI=1S/C40H51N5O12S2/c1-7-27(38(49)43(6)50)25-30-37(41-22-14-24-58(51,52)53)42-32(39(30,2)3)15-10-8-11-16-33-40(4,5)29-26-28(59(54,55)56)18-19-31(29)44(33)23-13-9-12-17-36(48)57-45-34(46)20-21-35(45)47/h7-8,10-11,15-16,18-19,25-26,50H,9,12-14,17,20-24H2,1-6H3,(H,51,52,53)(H,54,55,56)/b11-8+,15-10+,27-7+,30-25?,33-16+,41-37?. The smallest absolute Gasteiger partial charge is 0.333 e. The van der Waals surface area contributed by atoms with Gasteiger partial charge in [-0.15, -0.1) is 5.06 Å². The van der Waals surface area contributed by atoms with Gasteiger partial charge in [-0.05, 0) is 68.2 Å². The first-order valence-corrected chi connectivity index (χ1v) is 22.0. The summed E-state index contributed by atoms with van der Waals surface area (Å²) in [6, 6.07) is 4.44. The molecule has 1 saturated heterocycles. The van der Waals surface area contributed by atoms with Gasteiger partial charge in [0.25, 0.3) is 38.0 Å². The molecule has 1 fully saturated rings. The largest absolute Gasteiger partial charge is 0.344 e. The zero-order chi connectivity index (χ0) is 43.9. The fraction of sp³-hybridized carbons (Fsp3) is 0.450. The summed E-state index contributed by atoms with van der Waals surface area (Å²) in [5, 5.41) is 10.8. The maximum absolute atomic E-state index is 12.7. The Kier molecular flexibility index (Phi) is 14.9. The molecule has 0 aromatic heterocycles. The number of hydrogen-bond acceptors (Lipinski definition) is 12. The Hall–Kier alpha value is -5.08. The van der Waals surface area contributed by atoms with Crippen LogP contribution in [0.5, 0.6) is 0 Å². The highest BCUT2D eigenvalue weighted by atomic mass is 32.2. The van der Waals surface area contributed by atoms with Crippen LogP contribution in [0.15, 0.2) is 92.5 Å². The van der Waals surface area contributed by atoms with Crippen molar-refractivity contribution in [2.75, 3.05) is 30.8 Å². The molecule has 0 aliphatic carbocycles. The summed E-state index contributed by atoms with van der Waals surface area (Å²) < 4.78 is 65.6. The van der Waals surface area contributed by atoms with Gasteiger partial charge < -0.3 is 9.74 Å². The third-order valence-corrected chi connectivity index (χ3v) is 11.8. The van der Waals surface area contributed by atoms with E-state index in [1.165, 1.54) is 25.3 Å². The second-order valence-corrected chi connectivity index (χ2v) is 18.2. The second kappa shape index (κ2) is 18.9. The minimum absolute atomic E-state index is 0.00396. The lowest BCUT2D eigenvalue weighted by atomic mass is 9.80. The molecule has 4 rings (SSSR count). The lowest BCUT2D eigenvalue weighted by molar-refractivity contribution is -0.197. The number of anilines is 1. The number of imide groups is 1. The minimum Gasteiger partial charge on any atom is -0.344 e. The summed E-state index contributed by atoms with van der Waals surface area (Å²) in [5.41, 5.74) is 2.08. The zero-order valence-electron chi connectivity index (χ0n) is 33.9. The Labute approximate surface area is 344 Å². The molecule has 59 heavy (non-hydrogen) atoms. The van der Waals surface area contributed by atoms with Crippen LogP contribution in [0.3, 0.4) is 0 Å². The number of amides is 3. The molecule has 3 heterocycles. The first kappa shape index (κ1) is 46.6. The predicted octanol–water partition coefficient (Wildman–Crippen LogP) is 5.07. The molecule has 1 aromatic carbocycles. The van der Waals surface area contributed by atoms with E-state index in [0.29, 0.717) is 52.8 Å². The molecular weight excluding hydrogens is 807 g/mol. The zero-order valence-corrected chi connectivity index (χ0v) is 35.5. The van der Waals surface area contributed by atoms with Gasteiger partial charge in [-0.25, -0.2) is 14.9 Å². The number of amidine groups is 1. The minimum atomic E-state index is -4.48. The SMILES string of the molecule is C/C=C(\C=C1C(=NCCCS(=O)(=O)O)N=C(/C=C/C=C/C=C2/N(CCCCCC(=O)ON3C(=O)CCC3=O)c3ccc(S(=O)(=O)O)cc3C2(C)C)C1(C)C)C(=O)N(C)O. The number of aliphatic imine (C=N–C) groups is 2. The number of likely N-dealkylation sites (N-methyl/N-ethyl adjacent to an activating group) is 1. The highest BCUT2D eigenvalue weighted by molar-refractivity contribution is 7.86. The summed E-state index contributed by atoms with van der Waals surface area (Å²) in [6.45, 7) is 9.79. The average molecular weight is 858 g/mol. The number of fused-ring (bicyclic) bond motifs is 1. The van der Waals surface area contributed by atoms with Crippen LogP contribution < -0.4 is 4.90 Å². The van der Waals surface area contributed by atoms with Gasteiger partial charge in [-0.2, -0.15) is 16.8 Å². The van der Waals surface area contributed by atoms with Crippen LogP contribution >= 0.6 is 0 Å². The van der Waals surface area contributed by atoms with Gasteiger partial charge in [-0.1, -0.05) is 58.4 Å². The van der Waals surface area contributed by atoms with Crippen molar-refractivity contribution in [3.63, 3.8) is 0 Å². The van der Waals surface area contributed by atoms with Crippen LogP contribution in [-0.2, 0) is 49.7 Å². The van der Waals surface area contributed by atoms with Gasteiger partial charge in [0.15, 0.2) is 5.84 Å². The Morgan fingerprint density at radius 3 is 2.25 bits per heavy atom. The van der Waals surface area contributed by atoms with E-state index in [9.17, 15) is 45.8 Å². The first-order chi connectivity index (χ1) is 27.5. The van der Waals surface area contributed by atoms with E-state index in [0.717, 1.165) is 11.4 Å². The second-order valence-electron chi connectivity index (χ2n) is 15.2. The van der Waals surface area contributed by atoms with Crippen LogP contribution in [0.25, 0.3) is 0 Å². The molecule has 19 heteroatoms. The number of hydroxylamine groups is 4. The monoisotopic (exact) mass is 857 g/mol. The van der Waals surface area contributed by atoms with Crippen LogP contribution in [0.1, 0.15) is 85.1 Å². The third kappa shape index (κ3) is 11.6. The van der Waals surface area contributed by atoms with Crippen LogP contribution in [0.2, 0.25) is 0 Å². The molecule has 0 atom stereocenters. The predicted molar refractivity (Wildman–Crippen MR) is 220 cm³/mol. The van der Waals surface area contributed by atoms with E-state index in [-0.39, 0.29) is 48.5 Å². The molecule has 320 valence electrons. The van der Waals surface area contributed by atoms with Crippen molar-refractivity contribution < 1.29 is 55.2 Å². The molecule has 0 spiro atoms. The molecule has 0 unspecified atom stereocenters. The first-order valence-electron chi connectivity index (χ1n) is 18.9. The fourth-order valence-electron chi connectivity index (χ4n) is 6.82. The number of benzene rings is 1. The summed E-state index contributed by atoms with van der Waals surface area (Å²) in [5.74, 6) is -2.64. The maximum Gasteiger partial charge on any atom is 0.333 e. The maximum atomic E-state index is 12.7. The van der Waals surface area contributed by atoms with E-state index in [4.69, 9.17) is 14.4 Å². The van der Waals surface area contributed by atoms with Crippen molar-refractivity contribution in [2.45, 2.75) is 89.9 Å². The summed E-state index contributed by atoms with van der Waals surface area (Å²) >= 11 is 0. The number of unbranched alkanes of at least 4 members (excludes halogenated alkanes) is 2. The van der Waals surface area contributed by atoms with E-state index in [2.05, 4.69) is 4.99 Å². The van der Waals surface area contributed by atoms with E-state index < -0.39 is 60.5 Å².